The Balaban J connectivity index is 2.17. The van der Waals surface area contributed by atoms with Crippen LogP contribution >= 0.6 is 0 Å². The number of fused-ring (bicyclic) bond motifs is 1. The highest BCUT2D eigenvalue weighted by atomic mass is 16.5. The van der Waals surface area contributed by atoms with Crippen LogP contribution in [0.5, 0.6) is 0 Å². The number of aromatic nitrogens is 1. The van der Waals surface area contributed by atoms with Gasteiger partial charge in [0.15, 0.2) is 6.04 Å². The number of hydrogen-bond acceptors (Lipinski definition) is 3. The van der Waals surface area contributed by atoms with E-state index in [-0.39, 0.29) is 18.6 Å². The van der Waals surface area contributed by atoms with Crippen LogP contribution < -0.4 is 5.32 Å². The highest BCUT2D eigenvalue weighted by molar-refractivity contribution is 5.99. The number of nitrogens with one attached hydrogen (secondary N) is 2. The third kappa shape index (κ3) is 4.70. The van der Waals surface area contributed by atoms with Gasteiger partial charge in [-0.1, -0.05) is 39.0 Å². The van der Waals surface area contributed by atoms with E-state index >= 15 is 0 Å². The summed E-state index contributed by atoms with van der Waals surface area (Å²) in [7, 11) is 0. The van der Waals surface area contributed by atoms with Crippen molar-refractivity contribution in [1.82, 2.24) is 10.3 Å². The first-order valence-corrected chi connectivity index (χ1v) is 8.08. The van der Waals surface area contributed by atoms with Gasteiger partial charge in [-0.25, -0.2) is 4.79 Å². The lowest BCUT2D eigenvalue weighted by Gasteiger charge is -2.18. The summed E-state index contributed by atoms with van der Waals surface area (Å²) < 4.78 is 5.13. The standard InChI is InChI=1S/C19H24N2O4/c1-5-8-25-11-16(18(23)24)21-17(22)15-9-12-6-7-13(19(2,3)4)10-14(12)20-15/h5-7,9-10,16,20H,1,8,11H2,2-4H3,(H,21,22)(H,23,24). The van der Waals surface area contributed by atoms with Crippen molar-refractivity contribution in [1.29, 1.82) is 0 Å². The predicted octanol–water partition coefficient (Wildman–Crippen LogP) is 2.85. The number of hydrogen-bond donors (Lipinski definition) is 3. The summed E-state index contributed by atoms with van der Waals surface area (Å²) in [5.74, 6) is -1.63. The molecule has 0 bridgehead atoms. The highest BCUT2D eigenvalue weighted by Crippen LogP contribution is 2.26. The van der Waals surface area contributed by atoms with Gasteiger partial charge in [0.2, 0.25) is 0 Å². The Hall–Kier alpha value is -2.60. The fraction of sp³-hybridized carbons (Fsp3) is 0.368. The average molecular weight is 344 g/mol. The Bertz CT molecular complexity index is 786. The lowest BCUT2D eigenvalue weighted by atomic mass is 9.87. The zero-order valence-electron chi connectivity index (χ0n) is 14.8. The highest BCUT2D eigenvalue weighted by Gasteiger charge is 2.22. The number of carboxylic acid groups (broad SMARTS) is 1. The maximum atomic E-state index is 12.4. The molecule has 1 aromatic carbocycles. The molecule has 0 spiro atoms. The first-order chi connectivity index (χ1) is 11.7. The number of benzene rings is 1. The number of aliphatic carboxylic acids is 1. The van der Waals surface area contributed by atoms with Gasteiger partial charge < -0.3 is 20.1 Å². The molecule has 0 aliphatic heterocycles. The maximum Gasteiger partial charge on any atom is 0.328 e. The molecule has 1 amide bonds. The van der Waals surface area contributed by atoms with Gasteiger partial charge in [0.05, 0.1) is 13.2 Å². The van der Waals surface area contributed by atoms with Crippen molar-refractivity contribution in [3.05, 3.63) is 48.2 Å². The van der Waals surface area contributed by atoms with E-state index in [1.54, 1.807) is 6.07 Å². The van der Waals surface area contributed by atoms with E-state index in [4.69, 9.17) is 4.74 Å². The molecule has 2 aromatic rings. The minimum Gasteiger partial charge on any atom is -0.480 e. The summed E-state index contributed by atoms with van der Waals surface area (Å²) in [6, 6.07) is 6.57. The SMILES string of the molecule is C=CCOCC(NC(=O)c1cc2ccc(C(C)(C)C)cc2[nH]1)C(=O)O. The van der Waals surface area contributed by atoms with Gasteiger partial charge in [-0.3, -0.25) is 4.79 Å². The van der Waals surface area contributed by atoms with Crippen molar-refractivity contribution in [3.8, 4) is 0 Å². The van der Waals surface area contributed by atoms with E-state index in [0.29, 0.717) is 5.69 Å². The number of carbonyl (C=O) groups is 2. The molecule has 25 heavy (non-hydrogen) atoms. The van der Waals surface area contributed by atoms with Crippen molar-refractivity contribution < 1.29 is 19.4 Å². The van der Waals surface area contributed by atoms with E-state index in [1.807, 2.05) is 18.2 Å². The monoisotopic (exact) mass is 344 g/mol. The molecule has 1 aromatic heterocycles. The van der Waals surface area contributed by atoms with Crippen LogP contribution in [0.25, 0.3) is 10.9 Å². The fourth-order valence-electron chi connectivity index (χ4n) is 2.40. The molecule has 0 saturated heterocycles. The van der Waals surface area contributed by atoms with Crippen molar-refractivity contribution in [2.45, 2.75) is 32.2 Å². The molecule has 0 saturated carbocycles. The van der Waals surface area contributed by atoms with E-state index in [9.17, 15) is 14.7 Å². The summed E-state index contributed by atoms with van der Waals surface area (Å²) in [6.07, 6.45) is 1.52. The summed E-state index contributed by atoms with van der Waals surface area (Å²) in [4.78, 5) is 26.7. The van der Waals surface area contributed by atoms with Gasteiger partial charge >= 0.3 is 5.97 Å². The van der Waals surface area contributed by atoms with Gasteiger partial charge in [-0.05, 0) is 23.1 Å². The van der Waals surface area contributed by atoms with E-state index in [0.717, 1.165) is 16.5 Å². The molecular formula is C19H24N2O4. The number of aromatic amines is 1. The molecule has 6 nitrogen and oxygen atoms in total. The zero-order valence-corrected chi connectivity index (χ0v) is 14.8. The Morgan fingerprint density at radius 3 is 2.68 bits per heavy atom. The third-order valence-corrected chi connectivity index (χ3v) is 3.86. The van der Waals surface area contributed by atoms with Crippen LogP contribution in [0.1, 0.15) is 36.8 Å². The van der Waals surface area contributed by atoms with Crippen LogP contribution in [-0.2, 0) is 14.9 Å². The lowest BCUT2D eigenvalue weighted by molar-refractivity contribution is -0.140. The minimum absolute atomic E-state index is 0.00137. The van der Waals surface area contributed by atoms with Crippen LogP contribution in [-0.4, -0.2) is 41.2 Å². The van der Waals surface area contributed by atoms with E-state index in [1.165, 1.54) is 6.08 Å². The lowest BCUT2D eigenvalue weighted by Crippen LogP contribution is -2.44. The normalized spacial score (nSPS) is 12.8. The van der Waals surface area contributed by atoms with Crippen molar-refractivity contribution >= 4 is 22.8 Å². The van der Waals surface area contributed by atoms with E-state index in [2.05, 4.69) is 37.7 Å². The number of rotatable bonds is 7. The van der Waals surface area contributed by atoms with Crippen LogP contribution in [0.3, 0.4) is 0 Å². The van der Waals surface area contributed by atoms with Crippen LogP contribution in [0.2, 0.25) is 0 Å². The van der Waals surface area contributed by atoms with Crippen molar-refractivity contribution in [2.75, 3.05) is 13.2 Å². The Morgan fingerprint density at radius 2 is 2.08 bits per heavy atom. The quantitative estimate of drug-likeness (QED) is 0.532. The largest absolute Gasteiger partial charge is 0.480 e. The van der Waals surface area contributed by atoms with Gasteiger partial charge in [0.1, 0.15) is 5.69 Å². The number of ether oxygens (including phenoxy) is 1. The number of H-pyrrole nitrogens is 1. The third-order valence-electron chi connectivity index (χ3n) is 3.86. The maximum absolute atomic E-state index is 12.4. The molecule has 0 aliphatic carbocycles. The first-order valence-electron chi connectivity index (χ1n) is 8.08. The Morgan fingerprint density at radius 1 is 1.36 bits per heavy atom. The summed E-state index contributed by atoms with van der Waals surface area (Å²) in [6.45, 7) is 9.94. The number of carboxylic acids is 1. The van der Waals surface area contributed by atoms with Crippen molar-refractivity contribution in [3.63, 3.8) is 0 Å². The molecule has 0 radical (unpaired) electrons. The second-order valence-corrected chi connectivity index (χ2v) is 6.93. The number of carbonyl (C=O) groups excluding carboxylic acids is 1. The van der Waals surface area contributed by atoms with Crippen molar-refractivity contribution in [2.24, 2.45) is 0 Å². The molecular weight excluding hydrogens is 320 g/mol. The molecule has 1 unspecified atom stereocenters. The van der Waals surface area contributed by atoms with Crippen LogP contribution in [0, 0.1) is 0 Å². The minimum atomic E-state index is -1.15. The molecule has 1 heterocycles. The van der Waals surface area contributed by atoms with Gasteiger partial charge in [-0.15, -0.1) is 6.58 Å². The average Bonchev–Trinajstić information content (AvgIpc) is 2.96. The van der Waals surface area contributed by atoms with Gasteiger partial charge in [-0.2, -0.15) is 0 Å². The molecule has 0 aliphatic rings. The van der Waals surface area contributed by atoms with Gasteiger partial charge in [0.25, 0.3) is 5.91 Å². The first kappa shape index (κ1) is 18.7. The van der Waals surface area contributed by atoms with Crippen LogP contribution in [0.15, 0.2) is 36.9 Å². The molecule has 1 atom stereocenters. The Labute approximate surface area is 146 Å². The zero-order chi connectivity index (χ0) is 18.6. The second kappa shape index (κ2) is 7.53. The molecule has 2 rings (SSSR count). The summed E-state index contributed by atoms with van der Waals surface area (Å²) >= 11 is 0. The Kier molecular flexibility index (Phi) is 5.64. The predicted molar refractivity (Wildman–Crippen MR) is 96.9 cm³/mol. The molecule has 134 valence electrons. The van der Waals surface area contributed by atoms with E-state index < -0.39 is 17.9 Å². The molecule has 3 N–H and O–H groups in total. The topological polar surface area (TPSA) is 91.4 Å². The number of amides is 1. The molecule has 6 heteroatoms. The summed E-state index contributed by atoms with van der Waals surface area (Å²) in [5.41, 5.74) is 2.30. The van der Waals surface area contributed by atoms with Gasteiger partial charge in [0, 0.05) is 10.9 Å². The molecule has 0 fully saturated rings. The van der Waals surface area contributed by atoms with Crippen LogP contribution in [0.4, 0.5) is 0 Å². The second-order valence-electron chi connectivity index (χ2n) is 6.93. The summed E-state index contributed by atoms with van der Waals surface area (Å²) in [5, 5.41) is 12.6. The fourth-order valence-corrected chi connectivity index (χ4v) is 2.40. The smallest absolute Gasteiger partial charge is 0.328 e.